The molecule has 0 fully saturated rings. The lowest BCUT2D eigenvalue weighted by atomic mass is 10.0. The van der Waals surface area contributed by atoms with Gasteiger partial charge in [-0.2, -0.15) is 0 Å². The van der Waals surface area contributed by atoms with Crippen molar-refractivity contribution in [3.05, 3.63) is 89.5 Å². The van der Waals surface area contributed by atoms with Crippen LogP contribution in [0.4, 0.5) is 0 Å². The minimum atomic E-state index is -0.720. The maximum absolute atomic E-state index is 13.8. The summed E-state index contributed by atoms with van der Waals surface area (Å²) in [4.78, 5) is 29.0. The molecule has 0 aromatic heterocycles. The zero-order valence-corrected chi connectivity index (χ0v) is 22.9. The Hall–Kier alpha value is -4.00. The van der Waals surface area contributed by atoms with Gasteiger partial charge in [-0.25, -0.2) is 0 Å². The number of carbonyl (C=O) groups excluding carboxylic acids is 2. The fourth-order valence-corrected chi connectivity index (χ4v) is 4.09. The van der Waals surface area contributed by atoms with E-state index in [2.05, 4.69) is 5.32 Å². The molecular weight excluding hydrogens is 480 g/mol. The van der Waals surface area contributed by atoms with E-state index in [-0.39, 0.29) is 31.0 Å². The van der Waals surface area contributed by atoms with Crippen LogP contribution in [0.2, 0.25) is 0 Å². The third-order valence-corrected chi connectivity index (χ3v) is 6.39. The van der Waals surface area contributed by atoms with Gasteiger partial charge in [-0.1, -0.05) is 67.1 Å². The van der Waals surface area contributed by atoms with Crippen LogP contribution in [0.15, 0.2) is 72.8 Å². The predicted molar refractivity (Wildman–Crippen MR) is 149 cm³/mol. The molecule has 7 heteroatoms. The second-order valence-electron chi connectivity index (χ2n) is 9.37. The van der Waals surface area contributed by atoms with Gasteiger partial charge >= 0.3 is 0 Å². The van der Waals surface area contributed by atoms with E-state index in [4.69, 9.17) is 14.2 Å². The van der Waals surface area contributed by atoms with E-state index in [1.807, 2.05) is 75.4 Å². The molecule has 202 valence electrons. The Morgan fingerprint density at radius 2 is 1.50 bits per heavy atom. The summed E-state index contributed by atoms with van der Waals surface area (Å²) in [6.07, 6.45) is 1.17. The van der Waals surface area contributed by atoms with E-state index in [1.54, 1.807) is 37.3 Å². The van der Waals surface area contributed by atoms with Crippen LogP contribution in [0.25, 0.3) is 0 Å². The number of amides is 2. The molecule has 0 unspecified atom stereocenters. The smallest absolute Gasteiger partial charge is 0.261 e. The zero-order chi connectivity index (χ0) is 27.5. The summed E-state index contributed by atoms with van der Waals surface area (Å²) in [7, 11) is 3.11. The van der Waals surface area contributed by atoms with E-state index >= 15 is 0 Å². The quantitative estimate of drug-likeness (QED) is 0.347. The first-order chi connectivity index (χ1) is 18.3. The number of methoxy groups -OCH3 is 2. The van der Waals surface area contributed by atoms with Crippen molar-refractivity contribution in [2.24, 2.45) is 0 Å². The molecule has 3 aromatic carbocycles. The highest BCUT2D eigenvalue weighted by Gasteiger charge is 2.31. The van der Waals surface area contributed by atoms with Crippen molar-refractivity contribution in [1.29, 1.82) is 0 Å². The Balaban J connectivity index is 1.93. The van der Waals surface area contributed by atoms with Gasteiger partial charge in [-0.05, 0) is 31.4 Å². The van der Waals surface area contributed by atoms with E-state index in [1.165, 1.54) is 0 Å². The predicted octanol–water partition coefficient (Wildman–Crippen LogP) is 4.95. The summed E-state index contributed by atoms with van der Waals surface area (Å²) in [6.45, 7) is 6.01. The standard InChI is InChI=1S/C31H38N2O5/c1-6-23(3)32-31(35)29(16-24-12-8-7-9-13-24)33(20-25-14-10-11-22(2)15-25)30(34)21-38-28-18-26(36-4)17-27(19-28)37-5/h7-15,17-19,23,29H,6,16,20-21H2,1-5H3,(H,32,35)/t23-,29+/m1/s1. The van der Waals surface area contributed by atoms with Crippen molar-refractivity contribution in [3.8, 4) is 17.2 Å². The Morgan fingerprint density at radius 3 is 2.11 bits per heavy atom. The van der Waals surface area contributed by atoms with E-state index < -0.39 is 6.04 Å². The molecule has 0 bridgehead atoms. The molecule has 0 aliphatic rings. The number of nitrogens with one attached hydrogen (secondary N) is 1. The second kappa shape index (κ2) is 14.1. The molecule has 2 amide bonds. The molecular formula is C31H38N2O5. The number of benzene rings is 3. The Labute approximate surface area is 225 Å². The largest absolute Gasteiger partial charge is 0.496 e. The van der Waals surface area contributed by atoms with E-state index in [0.29, 0.717) is 23.7 Å². The normalized spacial score (nSPS) is 12.2. The lowest BCUT2D eigenvalue weighted by molar-refractivity contribution is -0.143. The van der Waals surface area contributed by atoms with Crippen molar-refractivity contribution in [1.82, 2.24) is 10.2 Å². The van der Waals surface area contributed by atoms with E-state index in [0.717, 1.165) is 23.1 Å². The first-order valence-electron chi connectivity index (χ1n) is 12.9. The van der Waals surface area contributed by atoms with Gasteiger partial charge in [0, 0.05) is 37.2 Å². The molecule has 38 heavy (non-hydrogen) atoms. The average molecular weight is 519 g/mol. The van der Waals surface area contributed by atoms with E-state index in [9.17, 15) is 9.59 Å². The molecule has 3 rings (SSSR count). The van der Waals surface area contributed by atoms with Crippen LogP contribution in [-0.2, 0) is 22.6 Å². The highest BCUT2D eigenvalue weighted by molar-refractivity contribution is 5.88. The van der Waals surface area contributed by atoms with Gasteiger partial charge in [0.15, 0.2) is 6.61 Å². The Morgan fingerprint density at radius 1 is 0.868 bits per heavy atom. The van der Waals surface area contributed by atoms with Crippen LogP contribution in [-0.4, -0.2) is 49.6 Å². The van der Waals surface area contributed by atoms with Crippen LogP contribution in [0.1, 0.15) is 37.0 Å². The van der Waals surface area contributed by atoms with Crippen LogP contribution >= 0.6 is 0 Å². The molecule has 1 N–H and O–H groups in total. The van der Waals surface area contributed by atoms with Gasteiger partial charge in [0.1, 0.15) is 23.3 Å². The van der Waals surface area contributed by atoms with Crippen LogP contribution in [0.3, 0.4) is 0 Å². The van der Waals surface area contributed by atoms with Crippen LogP contribution in [0, 0.1) is 6.92 Å². The van der Waals surface area contributed by atoms with Gasteiger partial charge in [0.05, 0.1) is 14.2 Å². The summed E-state index contributed by atoms with van der Waals surface area (Å²) in [6, 6.07) is 22.1. The van der Waals surface area contributed by atoms with Crippen LogP contribution < -0.4 is 19.5 Å². The SMILES string of the molecule is CC[C@@H](C)NC(=O)[C@H](Cc1ccccc1)N(Cc1cccc(C)c1)C(=O)COc1cc(OC)cc(OC)c1. The molecule has 7 nitrogen and oxygen atoms in total. The van der Waals surface area contributed by atoms with Crippen molar-refractivity contribution in [3.63, 3.8) is 0 Å². The second-order valence-corrected chi connectivity index (χ2v) is 9.37. The summed E-state index contributed by atoms with van der Waals surface area (Å²) in [5, 5.41) is 3.08. The maximum Gasteiger partial charge on any atom is 0.261 e. The molecule has 3 aromatic rings. The maximum atomic E-state index is 13.8. The molecule has 0 aliphatic carbocycles. The fraction of sp³-hybridized carbons (Fsp3) is 0.355. The number of hydrogen-bond acceptors (Lipinski definition) is 5. The van der Waals surface area contributed by atoms with Gasteiger partial charge < -0.3 is 24.4 Å². The lowest BCUT2D eigenvalue weighted by Gasteiger charge is -2.32. The fourth-order valence-electron chi connectivity index (χ4n) is 4.09. The summed E-state index contributed by atoms with van der Waals surface area (Å²) in [5.74, 6) is 1.06. The number of aryl methyl sites for hydroxylation is 1. The summed E-state index contributed by atoms with van der Waals surface area (Å²) >= 11 is 0. The Bertz CT molecular complexity index is 1180. The third-order valence-electron chi connectivity index (χ3n) is 6.39. The molecule has 0 spiro atoms. The number of hydrogen-bond donors (Lipinski definition) is 1. The number of rotatable bonds is 13. The molecule has 0 saturated heterocycles. The Kier molecular flexibility index (Phi) is 10.6. The highest BCUT2D eigenvalue weighted by Crippen LogP contribution is 2.27. The van der Waals surface area contributed by atoms with Crippen LogP contribution in [0.5, 0.6) is 17.2 Å². The minimum Gasteiger partial charge on any atom is -0.496 e. The van der Waals surface area contributed by atoms with Gasteiger partial charge in [0.25, 0.3) is 5.91 Å². The molecule has 2 atom stereocenters. The van der Waals surface area contributed by atoms with Crippen molar-refractivity contribution >= 4 is 11.8 Å². The number of nitrogens with zero attached hydrogens (tertiary/aromatic N) is 1. The topological polar surface area (TPSA) is 77.1 Å². The van der Waals surface area contributed by atoms with Crippen molar-refractivity contribution < 1.29 is 23.8 Å². The molecule has 0 saturated carbocycles. The summed E-state index contributed by atoms with van der Waals surface area (Å²) in [5.41, 5.74) is 2.99. The van der Waals surface area contributed by atoms with Gasteiger partial charge in [0.2, 0.25) is 5.91 Å². The number of carbonyl (C=O) groups is 2. The highest BCUT2D eigenvalue weighted by atomic mass is 16.5. The van der Waals surface area contributed by atoms with Crippen molar-refractivity contribution in [2.45, 2.75) is 52.2 Å². The minimum absolute atomic E-state index is 0.0165. The van der Waals surface area contributed by atoms with Gasteiger partial charge in [-0.15, -0.1) is 0 Å². The monoisotopic (exact) mass is 518 g/mol. The number of ether oxygens (including phenoxy) is 3. The molecule has 0 heterocycles. The van der Waals surface area contributed by atoms with Crippen molar-refractivity contribution in [2.75, 3.05) is 20.8 Å². The molecule has 0 radical (unpaired) electrons. The summed E-state index contributed by atoms with van der Waals surface area (Å²) < 4.78 is 16.5. The first-order valence-corrected chi connectivity index (χ1v) is 12.9. The zero-order valence-electron chi connectivity index (χ0n) is 22.9. The third kappa shape index (κ3) is 8.26. The first kappa shape index (κ1) is 28.6. The molecule has 0 aliphatic heterocycles. The average Bonchev–Trinajstić information content (AvgIpc) is 2.93. The van der Waals surface area contributed by atoms with Gasteiger partial charge in [-0.3, -0.25) is 9.59 Å². The lowest BCUT2D eigenvalue weighted by Crippen LogP contribution is -2.53.